The molecule has 0 aliphatic carbocycles. The van der Waals surface area contributed by atoms with Crippen LogP contribution in [-0.2, 0) is 0 Å². The summed E-state index contributed by atoms with van der Waals surface area (Å²) in [6.07, 6.45) is 0. The topological polar surface area (TPSA) is 46.2 Å². The van der Waals surface area contributed by atoms with Gasteiger partial charge in [-0.2, -0.15) is 0 Å². The average Bonchev–Trinajstić information content (AvgIpc) is 1.88. The maximum Gasteiger partial charge on any atom is 0.115 e. The molecule has 11 heavy (non-hydrogen) atoms. The largest absolute Gasteiger partial charge is 0.508 e. The van der Waals surface area contributed by atoms with Gasteiger partial charge in [-0.1, -0.05) is 12.1 Å². The van der Waals surface area contributed by atoms with Gasteiger partial charge in [0.05, 0.1) is 0 Å². The van der Waals surface area contributed by atoms with Gasteiger partial charge < -0.3 is 10.8 Å². The summed E-state index contributed by atoms with van der Waals surface area (Å²) in [4.78, 5) is 0. The Labute approximate surface area is 72.4 Å². The van der Waals surface area contributed by atoms with Crippen LogP contribution in [0.4, 0.5) is 0 Å². The summed E-state index contributed by atoms with van der Waals surface area (Å²) in [5, 5.41) is 9.01. The van der Waals surface area contributed by atoms with E-state index in [1.807, 2.05) is 13.0 Å². The summed E-state index contributed by atoms with van der Waals surface area (Å²) >= 11 is 0. The van der Waals surface area contributed by atoms with Gasteiger partial charge in [0.15, 0.2) is 0 Å². The zero-order valence-electron chi connectivity index (χ0n) is 6.32. The fraction of sp³-hybridized carbons (Fsp3) is 0.250. The maximum absolute atomic E-state index is 9.01. The lowest BCUT2D eigenvalue weighted by molar-refractivity contribution is 0.474. The Hall–Kier alpha value is -0.730. The van der Waals surface area contributed by atoms with Crippen molar-refractivity contribution >= 4 is 12.4 Å². The summed E-state index contributed by atoms with van der Waals surface area (Å²) in [7, 11) is 0. The van der Waals surface area contributed by atoms with Crippen LogP contribution in [0.5, 0.6) is 5.75 Å². The Balaban J connectivity index is 0.000001000. The number of aromatic hydroxyl groups is 1. The third-order valence-corrected chi connectivity index (χ3v) is 1.40. The van der Waals surface area contributed by atoms with Crippen LogP contribution in [0.25, 0.3) is 0 Å². The fourth-order valence-electron chi connectivity index (χ4n) is 0.808. The minimum absolute atomic E-state index is 0. The van der Waals surface area contributed by atoms with Gasteiger partial charge in [0.2, 0.25) is 0 Å². The normalized spacial score (nSPS) is 11.8. The maximum atomic E-state index is 9.01. The number of hydrogen-bond acceptors (Lipinski definition) is 2. The Morgan fingerprint density at radius 1 is 1.45 bits per heavy atom. The zero-order chi connectivity index (χ0) is 7.56. The molecule has 0 radical (unpaired) electrons. The second kappa shape index (κ2) is 4.21. The molecule has 1 aromatic carbocycles. The minimum Gasteiger partial charge on any atom is -0.508 e. The molecular weight excluding hydrogens is 162 g/mol. The van der Waals surface area contributed by atoms with Crippen molar-refractivity contribution < 1.29 is 5.11 Å². The highest BCUT2D eigenvalue weighted by Crippen LogP contribution is 2.15. The van der Waals surface area contributed by atoms with E-state index < -0.39 is 0 Å². The molecule has 2 nitrogen and oxygen atoms in total. The first kappa shape index (κ1) is 10.3. The Kier molecular flexibility index (Phi) is 3.93. The van der Waals surface area contributed by atoms with Crippen LogP contribution in [0.2, 0.25) is 0 Å². The third-order valence-electron chi connectivity index (χ3n) is 1.40. The monoisotopic (exact) mass is 173 g/mol. The number of hydrogen-bond donors (Lipinski definition) is 2. The van der Waals surface area contributed by atoms with Crippen LogP contribution >= 0.6 is 12.4 Å². The minimum atomic E-state index is -0.00731. The molecule has 0 fully saturated rings. The second-order valence-electron chi connectivity index (χ2n) is 2.38. The van der Waals surface area contributed by atoms with E-state index in [-0.39, 0.29) is 24.2 Å². The molecular formula is C8H12ClNO. The van der Waals surface area contributed by atoms with Gasteiger partial charge >= 0.3 is 0 Å². The molecule has 1 aromatic rings. The standard InChI is InChI=1S/C8H11NO.ClH/c1-6(9)7-3-2-4-8(10)5-7;/h2-6,10H,9H2,1H3;1H/t6-;/m1./s1. The summed E-state index contributed by atoms with van der Waals surface area (Å²) in [6.45, 7) is 1.88. The Morgan fingerprint density at radius 3 is 2.45 bits per heavy atom. The second-order valence-corrected chi connectivity index (χ2v) is 2.38. The lowest BCUT2D eigenvalue weighted by Gasteiger charge is -2.03. The highest BCUT2D eigenvalue weighted by Gasteiger charge is 1.97. The van der Waals surface area contributed by atoms with Crippen molar-refractivity contribution in [3.05, 3.63) is 29.8 Å². The van der Waals surface area contributed by atoms with E-state index in [0.717, 1.165) is 5.56 Å². The van der Waals surface area contributed by atoms with Gasteiger partial charge in [0, 0.05) is 6.04 Å². The first-order valence-electron chi connectivity index (χ1n) is 3.24. The highest BCUT2D eigenvalue weighted by atomic mass is 35.5. The van der Waals surface area contributed by atoms with Crippen LogP contribution < -0.4 is 5.73 Å². The van der Waals surface area contributed by atoms with E-state index >= 15 is 0 Å². The predicted molar refractivity (Wildman–Crippen MR) is 48.0 cm³/mol. The van der Waals surface area contributed by atoms with Crippen molar-refractivity contribution in [2.24, 2.45) is 5.73 Å². The van der Waals surface area contributed by atoms with E-state index in [2.05, 4.69) is 0 Å². The van der Waals surface area contributed by atoms with Gasteiger partial charge in [-0.05, 0) is 24.6 Å². The molecule has 0 spiro atoms. The predicted octanol–water partition coefficient (Wildman–Crippen LogP) is 1.83. The molecule has 0 aliphatic rings. The van der Waals surface area contributed by atoms with Crippen LogP contribution in [0.3, 0.4) is 0 Å². The summed E-state index contributed by atoms with van der Waals surface area (Å²) in [6, 6.07) is 6.97. The molecule has 3 N–H and O–H groups in total. The van der Waals surface area contributed by atoms with Crippen molar-refractivity contribution in [1.82, 2.24) is 0 Å². The van der Waals surface area contributed by atoms with Gasteiger partial charge in [-0.15, -0.1) is 12.4 Å². The number of phenols is 1. The number of benzene rings is 1. The Morgan fingerprint density at radius 2 is 2.09 bits per heavy atom. The van der Waals surface area contributed by atoms with Crippen molar-refractivity contribution in [3.63, 3.8) is 0 Å². The zero-order valence-corrected chi connectivity index (χ0v) is 7.14. The molecule has 0 aromatic heterocycles. The van der Waals surface area contributed by atoms with E-state index in [9.17, 15) is 0 Å². The SMILES string of the molecule is C[C@@H](N)c1cccc(O)c1.Cl. The van der Waals surface area contributed by atoms with Gasteiger partial charge in [-0.25, -0.2) is 0 Å². The lowest BCUT2D eigenvalue weighted by Crippen LogP contribution is -2.03. The summed E-state index contributed by atoms with van der Waals surface area (Å²) in [5.41, 5.74) is 6.53. The van der Waals surface area contributed by atoms with E-state index in [4.69, 9.17) is 10.8 Å². The number of rotatable bonds is 1. The fourth-order valence-corrected chi connectivity index (χ4v) is 0.808. The van der Waals surface area contributed by atoms with E-state index in [1.165, 1.54) is 0 Å². The Bertz CT molecular complexity index is 225. The quantitative estimate of drug-likeness (QED) is 0.681. The number of nitrogens with two attached hydrogens (primary N) is 1. The van der Waals surface area contributed by atoms with Crippen molar-refractivity contribution in [2.75, 3.05) is 0 Å². The molecule has 1 atom stereocenters. The van der Waals surface area contributed by atoms with Crippen molar-refractivity contribution in [1.29, 1.82) is 0 Å². The molecule has 0 saturated carbocycles. The molecule has 1 rings (SSSR count). The molecule has 62 valence electrons. The molecule has 3 heteroatoms. The summed E-state index contributed by atoms with van der Waals surface area (Å²) in [5.74, 6) is 0.273. The molecule has 0 unspecified atom stereocenters. The third kappa shape index (κ3) is 2.78. The van der Waals surface area contributed by atoms with Crippen LogP contribution in [0.15, 0.2) is 24.3 Å². The first-order valence-corrected chi connectivity index (χ1v) is 3.24. The first-order chi connectivity index (χ1) is 4.70. The molecule has 0 heterocycles. The van der Waals surface area contributed by atoms with Gasteiger partial charge in [0.1, 0.15) is 5.75 Å². The summed E-state index contributed by atoms with van der Waals surface area (Å²) < 4.78 is 0. The van der Waals surface area contributed by atoms with Gasteiger partial charge in [-0.3, -0.25) is 0 Å². The van der Waals surface area contributed by atoms with Crippen LogP contribution in [-0.4, -0.2) is 5.11 Å². The van der Waals surface area contributed by atoms with E-state index in [0.29, 0.717) is 0 Å². The highest BCUT2D eigenvalue weighted by molar-refractivity contribution is 5.85. The van der Waals surface area contributed by atoms with Crippen molar-refractivity contribution in [3.8, 4) is 5.75 Å². The molecule has 0 saturated heterocycles. The average molecular weight is 174 g/mol. The molecule has 0 amide bonds. The van der Waals surface area contributed by atoms with Crippen LogP contribution in [0, 0.1) is 0 Å². The lowest BCUT2D eigenvalue weighted by atomic mass is 10.1. The van der Waals surface area contributed by atoms with Crippen molar-refractivity contribution in [2.45, 2.75) is 13.0 Å². The van der Waals surface area contributed by atoms with Crippen LogP contribution in [0.1, 0.15) is 18.5 Å². The molecule has 0 aliphatic heterocycles. The smallest absolute Gasteiger partial charge is 0.115 e. The number of halogens is 1. The van der Waals surface area contributed by atoms with E-state index in [1.54, 1.807) is 18.2 Å². The number of phenolic OH excluding ortho intramolecular Hbond substituents is 1. The van der Waals surface area contributed by atoms with Gasteiger partial charge in [0.25, 0.3) is 0 Å². The molecule has 0 bridgehead atoms.